The van der Waals surface area contributed by atoms with Gasteiger partial charge in [-0.2, -0.15) is 0 Å². The average molecular weight is 276 g/mol. The first kappa shape index (κ1) is 13.5. The van der Waals surface area contributed by atoms with Gasteiger partial charge >= 0.3 is 0 Å². The van der Waals surface area contributed by atoms with Gasteiger partial charge in [0, 0.05) is 6.54 Å². The van der Waals surface area contributed by atoms with Gasteiger partial charge in [-0.15, -0.1) is 21.5 Å². The van der Waals surface area contributed by atoms with Gasteiger partial charge in [-0.3, -0.25) is 4.79 Å². The highest BCUT2D eigenvalue weighted by Crippen LogP contribution is 2.12. The van der Waals surface area contributed by atoms with E-state index in [-0.39, 0.29) is 5.91 Å². The Balaban J connectivity index is 1.90. The second-order valence-electron chi connectivity index (χ2n) is 4.02. The summed E-state index contributed by atoms with van der Waals surface area (Å²) >= 11 is 1.39. The molecule has 2 N–H and O–H groups in total. The van der Waals surface area contributed by atoms with Crippen molar-refractivity contribution in [2.24, 2.45) is 0 Å². The largest absolute Gasteiger partial charge is 0.369 e. The standard InChI is InChI=1S/C13H16N4OS/c1-2-3-8-14-11-6-7-12(17-16-11)15-13(18)10-5-4-9-19-10/h4-7,9H,2-3,8H2,1H3,(H,14,16)(H,15,17,18). The molecule has 0 fully saturated rings. The molecule has 2 aromatic heterocycles. The molecule has 6 heteroatoms. The molecular weight excluding hydrogens is 260 g/mol. The fourth-order valence-corrected chi connectivity index (χ4v) is 2.09. The molecule has 5 nitrogen and oxygen atoms in total. The number of carbonyl (C=O) groups is 1. The van der Waals surface area contributed by atoms with Crippen LogP contribution in [-0.2, 0) is 0 Å². The monoisotopic (exact) mass is 276 g/mol. The predicted molar refractivity (Wildman–Crippen MR) is 77.7 cm³/mol. The smallest absolute Gasteiger partial charge is 0.266 e. The van der Waals surface area contributed by atoms with Crippen LogP contribution in [0, 0.1) is 0 Å². The van der Waals surface area contributed by atoms with Gasteiger partial charge in [0.25, 0.3) is 5.91 Å². The summed E-state index contributed by atoms with van der Waals surface area (Å²) in [5.41, 5.74) is 0. The Labute approximate surface area is 116 Å². The van der Waals surface area contributed by atoms with Gasteiger partial charge in [0.15, 0.2) is 5.82 Å². The summed E-state index contributed by atoms with van der Waals surface area (Å²) in [4.78, 5) is 12.4. The Bertz CT molecular complexity index is 510. The van der Waals surface area contributed by atoms with Crippen molar-refractivity contribution in [2.45, 2.75) is 19.8 Å². The van der Waals surface area contributed by atoms with Gasteiger partial charge in [0.2, 0.25) is 0 Å². The van der Waals surface area contributed by atoms with Gasteiger partial charge in [-0.25, -0.2) is 0 Å². The minimum atomic E-state index is -0.156. The van der Waals surface area contributed by atoms with Crippen LogP contribution in [0.15, 0.2) is 29.6 Å². The van der Waals surface area contributed by atoms with Crippen molar-refractivity contribution in [2.75, 3.05) is 17.2 Å². The highest BCUT2D eigenvalue weighted by Gasteiger charge is 2.07. The highest BCUT2D eigenvalue weighted by atomic mass is 32.1. The van der Waals surface area contributed by atoms with Crippen molar-refractivity contribution in [3.05, 3.63) is 34.5 Å². The quantitative estimate of drug-likeness (QED) is 0.796. The van der Waals surface area contributed by atoms with E-state index in [0.717, 1.165) is 25.2 Å². The second-order valence-corrected chi connectivity index (χ2v) is 4.96. The van der Waals surface area contributed by atoms with Gasteiger partial charge in [0.1, 0.15) is 5.82 Å². The summed E-state index contributed by atoms with van der Waals surface area (Å²) in [5, 5.41) is 15.7. The van der Waals surface area contributed by atoms with E-state index in [1.165, 1.54) is 11.3 Å². The van der Waals surface area contributed by atoms with E-state index in [4.69, 9.17) is 0 Å². The van der Waals surface area contributed by atoms with E-state index < -0.39 is 0 Å². The zero-order chi connectivity index (χ0) is 13.5. The third kappa shape index (κ3) is 4.03. The Hall–Kier alpha value is -1.95. The Morgan fingerprint density at radius 3 is 2.68 bits per heavy atom. The summed E-state index contributed by atoms with van der Waals surface area (Å²) < 4.78 is 0. The number of nitrogens with zero attached hydrogens (tertiary/aromatic N) is 2. The number of unbranched alkanes of at least 4 members (excludes halogenated alkanes) is 1. The summed E-state index contributed by atoms with van der Waals surface area (Å²) in [5.74, 6) is 1.03. The van der Waals surface area contributed by atoms with Crippen LogP contribution in [0.4, 0.5) is 11.6 Å². The van der Waals surface area contributed by atoms with E-state index in [1.54, 1.807) is 12.1 Å². The molecule has 0 bridgehead atoms. The van der Waals surface area contributed by atoms with E-state index >= 15 is 0 Å². The molecule has 100 valence electrons. The number of amides is 1. The van der Waals surface area contributed by atoms with Crippen molar-refractivity contribution in [3.63, 3.8) is 0 Å². The zero-order valence-electron chi connectivity index (χ0n) is 10.7. The van der Waals surface area contributed by atoms with Crippen LogP contribution in [0.2, 0.25) is 0 Å². The number of anilines is 2. The molecule has 0 spiro atoms. The normalized spacial score (nSPS) is 10.2. The molecule has 1 amide bonds. The SMILES string of the molecule is CCCCNc1ccc(NC(=O)c2cccs2)nn1. The topological polar surface area (TPSA) is 66.9 Å². The molecule has 0 saturated heterocycles. The minimum absolute atomic E-state index is 0.156. The van der Waals surface area contributed by atoms with E-state index in [1.807, 2.05) is 17.5 Å². The van der Waals surface area contributed by atoms with Gasteiger partial charge in [-0.1, -0.05) is 19.4 Å². The molecular formula is C13H16N4OS. The maximum absolute atomic E-state index is 11.8. The van der Waals surface area contributed by atoms with E-state index in [0.29, 0.717) is 10.7 Å². The number of aromatic nitrogens is 2. The fraction of sp³-hybridized carbons (Fsp3) is 0.308. The van der Waals surface area contributed by atoms with Crippen molar-refractivity contribution < 1.29 is 4.79 Å². The molecule has 2 rings (SSSR count). The number of hydrogen-bond acceptors (Lipinski definition) is 5. The fourth-order valence-electron chi connectivity index (χ4n) is 1.47. The summed E-state index contributed by atoms with van der Waals surface area (Å²) in [6.45, 7) is 3.02. The van der Waals surface area contributed by atoms with Crippen LogP contribution in [0.5, 0.6) is 0 Å². The van der Waals surface area contributed by atoms with Gasteiger partial charge in [0.05, 0.1) is 4.88 Å². The Morgan fingerprint density at radius 1 is 1.26 bits per heavy atom. The number of thiophene rings is 1. The molecule has 0 aliphatic heterocycles. The lowest BCUT2D eigenvalue weighted by atomic mass is 10.3. The van der Waals surface area contributed by atoms with E-state index in [9.17, 15) is 4.79 Å². The Morgan fingerprint density at radius 2 is 2.05 bits per heavy atom. The molecule has 0 aliphatic rings. The third-order valence-corrected chi connectivity index (χ3v) is 3.36. The molecule has 19 heavy (non-hydrogen) atoms. The molecule has 0 unspecified atom stereocenters. The zero-order valence-corrected chi connectivity index (χ0v) is 11.5. The van der Waals surface area contributed by atoms with Crippen LogP contribution in [0.25, 0.3) is 0 Å². The van der Waals surface area contributed by atoms with Gasteiger partial charge in [-0.05, 0) is 30.0 Å². The molecule has 2 aromatic rings. The van der Waals surface area contributed by atoms with Gasteiger partial charge < -0.3 is 10.6 Å². The first-order chi connectivity index (χ1) is 9.29. The number of nitrogens with one attached hydrogen (secondary N) is 2. The lowest BCUT2D eigenvalue weighted by Gasteiger charge is -2.05. The number of hydrogen-bond donors (Lipinski definition) is 2. The first-order valence-corrected chi connectivity index (χ1v) is 7.10. The van der Waals surface area contributed by atoms with Crippen molar-refractivity contribution in [3.8, 4) is 0 Å². The maximum Gasteiger partial charge on any atom is 0.266 e. The van der Waals surface area contributed by atoms with Crippen molar-refractivity contribution in [1.82, 2.24) is 10.2 Å². The second kappa shape index (κ2) is 6.84. The average Bonchev–Trinajstić information content (AvgIpc) is 2.95. The molecule has 0 saturated carbocycles. The number of carbonyl (C=O) groups excluding carboxylic acids is 1. The summed E-state index contributed by atoms with van der Waals surface area (Å²) in [6, 6.07) is 7.17. The first-order valence-electron chi connectivity index (χ1n) is 6.22. The lowest BCUT2D eigenvalue weighted by Crippen LogP contribution is -2.12. The van der Waals surface area contributed by atoms with Crippen LogP contribution >= 0.6 is 11.3 Å². The molecule has 0 atom stereocenters. The molecule has 2 heterocycles. The molecule has 0 aromatic carbocycles. The van der Waals surface area contributed by atoms with Crippen LogP contribution in [0.1, 0.15) is 29.4 Å². The molecule has 0 radical (unpaired) electrons. The highest BCUT2D eigenvalue weighted by molar-refractivity contribution is 7.12. The van der Waals surface area contributed by atoms with Crippen LogP contribution in [-0.4, -0.2) is 22.6 Å². The lowest BCUT2D eigenvalue weighted by molar-refractivity contribution is 0.103. The summed E-state index contributed by atoms with van der Waals surface area (Å²) in [7, 11) is 0. The van der Waals surface area contributed by atoms with Crippen LogP contribution in [0.3, 0.4) is 0 Å². The minimum Gasteiger partial charge on any atom is -0.369 e. The number of rotatable bonds is 6. The molecule has 0 aliphatic carbocycles. The van der Waals surface area contributed by atoms with Crippen molar-refractivity contribution >= 4 is 28.9 Å². The maximum atomic E-state index is 11.8. The third-order valence-electron chi connectivity index (χ3n) is 2.49. The van der Waals surface area contributed by atoms with E-state index in [2.05, 4.69) is 27.8 Å². The Kier molecular flexibility index (Phi) is 4.85. The van der Waals surface area contributed by atoms with Crippen molar-refractivity contribution in [1.29, 1.82) is 0 Å². The summed E-state index contributed by atoms with van der Waals surface area (Å²) in [6.07, 6.45) is 2.23. The van der Waals surface area contributed by atoms with Crippen LogP contribution < -0.4 is 10.6 Å². The predicted octanol–water partition coefficient (Wildman–Crippen LogP) is 3.00.